The molecule has 4 aromatic rings. The number of amides is 1. The first-order valence-electron chi connectivity index (χ1n) is 8.92. The Morgan fingerprint density at radius 2 is 1.93 bits per heavy atom. The second-order valence-corrected chi connectivity index (χ2v) is 6.78. The molecule has 5 nitrogen and oxygen atoms in total. The van der Waals surface area contributed by atoms with Crippen LogP contribution >= 0.6 is 0 Å². The first-order valence-corrected chi connectivity index (χ1v) is 8.92. The number of rotatable bonds is 5. The van der Waals surface area contributed by atoms with Crippen molar-refractivity contribution in [3.05, 3.63) is 77.6 Å². The van der Waals surface area contributed by atoms with Crippen molar-refractivity contribution in [2.24, 2.45) is 7.05 Å². The van der Waals surface area contributed by atoms with Gasteiger partial charge >= 0.3 is 0 Å². The Morgan fingerprint density at radius 3 is 2.74 bits per heavy atom. The number of aromatic nitrogens is 2. The SMILES string of the molecule is Cc1ccc(-c2cc(CNC(=O)Cc3cn(C)c4ccccc34)no2)cc1. The Labute approximate surface area is 157 Å². The number of para-hydroxylation sites is 1. The van der Waals surface area contributed by atoms with Gasteiger partial charge in [-0.25, -0.2) is 0 Å². The van der Waals surface area contributed by atoms with E-state index in [1.807, 2.05) is 73.3 Å². The van der Waals surface area contributed by atoms with E-state index < -0.39 is 0 Å². The zero-order valence-electron chi connectivity index (χ0n) is 15.4. The molecule has 0 saturated carbocycles. The van der Waals surface area contributed by atoms with Gasteiger partial charge in [0.15, 0.2) is 5.76 Å². The molecule has 0 radical (unpaired) electrons. The summed E-state index contributed by atoms with van der Waals surface area (Å²) >= 11 is 0. The van der Waals surface area contributed by atoms with Gasteiger partial charge in [0.25, 0.3) is 0 Å². The minimum absolute atomic E-state index is 0.0359. The average Bonchev–Trinajstić information content (AvgIpc) is 3.26. The topological polar surface area (TPSA) is 60.1 Å². The molecule has 0 atom stereocenters. The van der Waals surface area contributed by atoms with Gasteiger partial charge in [0, 0.05) is 35.8 Å². The maximum absolute atomic E-state index is 12.4. The average molecular weight is 359 g/mol. The Hall–Kier alpha value is -3.34. The number of nitrogens with zero attached hydrogens (tertiary/aromatic N) is 2. The van der Waals surface area contributed by atoms with Crippen molar-refractivity contribution in [3.63, 3.8) is 0 Å². The molecule has 2 heterocycles. The smallest absolute Gasteiger partial charge is 0.224 e. The molecular weight excluding hydrogens is 338 g/mol. The molecule has 1 N–H and O–H groups in total. The normalized spacial score (nSPS) is 11.0. The Morgan fingerprint density at radius 1 is 1.15 bits per heavy atom. The van der Waals surface area contributed by atoms with Crippen molar-refractivity contribution >= 4 is 16.8 Å². The quantitative estimate of drug-likeness (QED) is 0.586. The summed E-state index contributed by atoms with van der Waals surface area (Å²) in [4.78, 5) is 12.4. The molecule has 0 unspecified atom stereocenters. The fraction of sp³-hybridized carbons (Fsp3) is 0.182. The number of hydrogen-bond donors (Lipinski definition) is 1. The summed E-state index contributed by atoms with van der Waals surface area (Å²) in [5, 5.41) is 8.09. The summed E-state index contributed by atoms with van der Waals surface area (Å²) in [7, 11) is 1.99. The Bertz CT molecular complexity index is 1090. The number of hydrogen-bond acceptors (Lipinski definition) is 3. The standard InChI is InChI=1S/C22H21N3O2/c1-15-7-9-16(10-8-15)21-12-18(24-27-21)13-23-22(26)11-17-14-25(2)20-6-4-3-5-19(17)20/h3-10,12,14H,11,13H2,1-2H3,(H,23,26). The van der Waals surface area contributed by atoms with Crippen molar-refractivity contribution in [3.8, 4) is 11.3 Å². The van der Waals surface area contributed by atoms with Crippen LogP contribution in [0.5, 0.6) is 0 Å². The van der Waals surface area contributed by atoms with Gasteiger partial charge in [-0.1, -0.05) is 53.2 Å². The minimum atomic E-state index is -0.0359. The van der Waals surface area contributed by atoms with Crippen LogP contribution in [0.3, 0.4) is 0 Å². The molecule has 0 saturated heterocycles. The van der Waals surface area contributed by atoms with Crippen LogP contribution in [0, 0.1) is 6.92 Å². The zero-order chi connectivity index (χ0) is 18.8. The van der Waals surface area contributed by atoms with E-state index in [9.17, 15) is 4.79 Å². The van der Waals surface area contributed by atoms with Crippen LogP contribution in [0.2, 0.25) is 0 Å². The van der Waals surface area contributed by atoms with Crippen LogP contribution in [0.1, 0.15) is 16.8 Å². The van der Waals surface area contributed by atoms with E-state index in [4.69, 9.17) is 4.52 Å². The summed E-state index contributed by atoms with van der Waals surface area (Å²) in [6.07, 6.45) is 2.35. The molecule has 0 spiro atoms. The molecule has 27 heavy (non-hydrogen) atoms. The highest BCUT2D eigenvalue weighted by atomic mass is 16.5. The van der Waals surface area contributed by atoms with Gasteiger partial charge < -0.3 is 14.4 Å². The maximum atomic E-state index is 12.4. The molecule has 0 aliphatic rings. The number of carbonyl (C=O) groups excluding carboxylic acids is 1. The molecule has 4 rings (SSSR count). The number of nitrogens with one attached hydrogen (secondary N) is 1. The second kappa shape index (κ2) is 7.11. The first-order chi connectivity index (χ1) is 13.1. The highest BCUT2D eigenvalue weighted by Crippen LogP contribution is 2.22. The molecule has 0 aliphatic carbocycles. The molecule has 1 amide bonds. The Kier molecular flexibility index (Phi) is 4.50. The Balaban J connectivity index is 1.40. The molecule has 0 fully saturated rings. The van der Waals surface area contributed by atoms with Crippen molar-refractivity contribution in [1.29, 1.82) is 0 Å². The second-order valence-electron chi connectivity index (χ2n) is 6.78. The number of aryl methyl sites for hydroxylation is 2. The third-order valence-corrected chi connectivity index (χ3v) is 4.69. The van der Waals surface area contributed by atoms with Crippen molar-refractivity contribution in [2.75, 3.05) is 0 Å². The van der Waals surface area contributed by atoms with Crippen molar-refractivity contribution in [2.45, 2.75) is 19.9 Å². The predicted molar refractivity (Wildman–Crippen MR) is 105 cm³/mol. The lowest BCUT2D eigenvalue weighted by Gasteiger charge is -2.02. The number of benzene rings is 2. The maximum Gasteiger partial charge on any atom is 0.224 e. The molecule has 5 heteroatoms. The van der Waals surface area contributed by atoms with Gasteiger partial charge in [-0.15, -0.1) is 0 Å². The van der Waals surface area contributed by atoms with Gasteiger partial charge in [-0.05, 0) is 18.6 Å². The van der Waals surface area contributed by atoms with E-state index in [0.29, 0.717) is 24.4 Å². The predicted octanol–water partition coefficient (Wildman–Crippen LogP) is 4.00. The van der Waals surface area contributed by atoms with Gasteiger partial charge in [0.1, 0.15) is 5.69 Å². The lowest BCUT2D eigenvalue weighted by Crippen LogP contribution is -2.24. The summed E-state index contributed by atoms with van der Waals surface area (Å²) in [6.45, 7) is 2.39. The molecule has 0 bridgehead atoms. The molecule has 2 aromatic carbocycles. The summed E-state index contributed by atoms with van der Waals surface area (Å²) in [5.74, 6) is 0.666. The number of fused-ring (bicyclic) bond motifs is 1. The number of carbonyl (C=O) groups is 1. The minimum Gasteiger partial charge on any atom is -0.356 e. The first kappa shape index (κ1) is 17.1. The van der Waals surface area contributed by atoms with Gasteiger partial charge in [0.2, 0.25) is 5.91 Å². The molecule has 0 aliphatic heterocycles. The van der Waals surface area contributed by atoms with E-state index in [1.165, 1.54) is 5.56 Å². The summed E-state index contributed by atoms with van der Waals surface area (Å²) in [6, 6.07) is 18.0. The third kappa shape index (κ3) is 3.62. The summed E-state index contributed by atoms with van der Waals surface area (Å²) in [5.41, 5.74) is 5.02. The van der Waals surface area contributed by atoms with Crippen molar-refractivity contribution < 1.29 is 9.32 Å². The van der Waals surface area contributed by atoms with Crippen LogP contribution in [-0.2, 0) is 24.8 Å². The van der Waals surface area contributed by atoms with Crippen LogP contribution in [0.15, 0.2) is 65.3 Å². The summed E-state index contributed by atoms with van der Waals surface area (Å²) < 4.78 is 7.44. The van der Waals surface area contributed by atoms with Crippen LogP contribution < -0.4 is 5.32 Å². The van der Waals surface area contributed by atoms with Gasteiger partial charge in [-0.3, -0.25) is 4.79 Å². The van der Waals surface area contributed by atoms with Gasteiger partial charge in [0.05, 0.1) is 13.0 Å². The van der Waals surface area contributed by atoms with E-state index in [-0.39, 0.29) is 5.91 Å². The highest BCUT2D eigenvalue weighted by molar-refractivity contribution is 5.89. The van der Waals surface area contributed by atoms with Crippen LogP contribution in [0.25, 0.3) is 22.2 Å². The van der Waals surface area contributed by atoms with Crippen LogP contribution in [0.4, 0.5) is 0 Å². The lowest BCUT2D eigenvalue weighted by atomic mass is 10.1. The fourth-order valence-corrected chi connectivity index (χ4v) is 3.24. The lowest BCUT2D eigenvalue weighted by molar-refractivity contribution is -0.120. The zero-order valence-corrected chi connectivity index (χ0v) is 15.4. The van der Waals surface area contributed by atoms with E-state index in [0.717, 1.165) is 22.0 Å². The van der Waals surface area contributed by atoms with E-state index in [2.05, 4.69) is 16.5 Å². The molecule has 2 aromatic heterocycles. The molecular formula is C22H21N3O2. The van der Waals surface area contributed by atoms with E-state index in [1.54, 1.807) is 0 Å². The highest BCUT2D eigenvalue weighted by Gasteiger charge is 2.12. The third-order valence-electron chi connectivity index (χ3n) is 4.69. The van der Waals surface area contributed by atoms with E-state index >= 15 is 0 Å². The molecule has 136 valence electrons. The fourth-order valence-electron chi connectivity index (χ4n) is 3.24. The van der Waals surface area contributed by atoms with Crippen molar-refractivity contribution in [1.82, 2.24) is 15.0 Å². The van der Waals surface area contributed by atoms with Gasteiger partial charge in [-0.2, -0.15) is 0 Å². The monoisotopic (exact) mass is 359 g/mol. The van der Waals surface area contributed by atoms with Crippen LogP contribution in [-0.4, -0.2) is 15.6 Å². The largest absolute Gasteiger partial charge is 0.356 e.